The number of benzene rings is 1. The first-order valence-corrected chi connectivity index (χ1v) is 7.33. The van der Waals surface area contributed by atoms with E-state index in [4.69, 9.17) is 0 Å². The fourth-order valence-electron chi connectivity index (χ4n) is 2.09. The molecule has 102 valence electrons. The zero-order valence-corrected chi connectivity index (χ0v) is 11.6. The number of rotatable bonds is 10. The lowest BCUT2D eigenvalue weighted by molar-refractivity contribution is 0.580. The van der Waals surface area contributed by atoms with E-state index in [1.54, 1.807) is 12.1 Å². The number of hydrogen-bond donors (Lipinski definition) is 1. The summed E-state index contributed by atoms with van der Waals surface area (Å²) in [5.41, 5.74) is 0.625. The van der Waals surface area contributed by atoms with Crippen LogP contribution < -0.4 is 5.32 Å². The van der Waals surface area contributed by atoms with Crippen molar-refractivity contribution < 1.29 is 4.39 Å². The maximum absolute atomic E-state index is 13.3. The highest BCUT2D eigenvalue weighted by Gasteiger charge is 1.98. The summed E-state index contributed by atoms with van der Waals surface area (Å²) in [6.07, 6.45) is 10.5. The van der Waals surface area contributed by atoms with Crippen LogP contribution in [0.25, 0.3) is 0 Å². The van der Waals surface area contributed by atoms with Crippen molar-refractivity contribution in [3.05, 3.63) is 30.1 Å². The summed E-state index contributed by atoms with van der Waals surface area (Å²) in [6, 6.07) is 6.87. The molecule has 0 saturated carbocycles. The predicted molar refractivity (Wildman–Crippen MR) is 77.5 cm³/mol. The Balaban J connectivity index is 1.94. The maximum atomic E-state index is 13.3. The number of para-hydroxylation sites is 1. The molecule has 0 atom stereocenters. The molecule has 0 aliphatic rings. The van der Waals surface area contributed by atoms with Gasteiger partial charge in [0.15, 0.2) is 0 Å². The van der Waals surface area contributed by atoms with Crippen LogP contribution in [-0.2, 0) is 0 Å². The topological polar surface area (TPSA) is 12.0 Å². The summed E-state index contributed by atoms with van der Waals surface area (Å²) in [4.78, 5) is 0. The molecule has 0 aliphatic carbocycles. The quantitative estimate of drug-likeness (QED) is 0.551. The first-order valence-electron chi connectivity index (χ1n) is 7.33. The van der Waals surface area contributed by atoms with Gasteiger partial charge in [-0.2, -0.15) is 0 Å². The summed E-state index contributed by atoms with van der Waals surface area (Å²) in [5.74, 6) is -0.155. The molecule has 0 saturated heterocycles. The fraction of sp³-hybridized carbons (Fsp3) is 0.625. The van der Waals surface area contributed by atoms with Gasteiger partial charge in [-0.15, -0.1) is 0 Å². The van der Waals surface area contributed by atoms with Crippen molar-refractivity contribution in [3.8, 4) is 0 Å². The highest BCUT2D eigenvalue weighted by molar-refractivity contribution is 5.44. The van der Waals surface area contributed by atoms with E-state index in [9.17, 15) is 4.39 Å². The largest absolute Gasteiger partial charge is 0.383 e. The minimum Gasteiger partial charge on any atom is -0.383 e. The molecule has 0 heterocycles. The molecule has 2 heteroatoms. The minimum atomic E-state index is -0.155. The van der Waals surface area contributed by atoms with Gasteiger partial charge in [-0.1, -0.05) is 64.0 Å². The Labute approximate surface area is 111 Å². The number of unbranched alkanes of at least 4 members (excludes halogenated alkanes) is 7. The summed E-state index contributed by atoms with van der Waals surface area (Å²) in [7, 11) is 0. The number of halogens is 1. The Morgan fingerprint density at radius 2 is 1.50 bits per heavy atom. The molecular formula is C16H26FN. The molecular weight excluding hydrogens is 225 g/mol. The number of anilines is 1. The second-order valence-electron chi connectivity index (χ2n) is 4.88. The third-order valence-electron chi connectivity index (χ3n) is 3.22. The van der Waals surface area contributed by atoms with Gasteiger partial charge in [0.2, 0.25) is 0 Å². The highest BCUT2D eigenvalue weighted by atomic mass is 19.1. The molecule has 1 rings (SSSR count). The molecule has 1 aromatic carbocycles. The predicted octanol–water partition coefficient (Wildman–Crippen LogP) is 5.38. The van der Waals surface area contributed by atoms with Crippen molar-refractivity contribution in [1.82, 2.24) is 0 Å². The standard InChI is InChI=1S/C16H26FN/c1-2-3-4-5-6-7-8-11-14-18-16-13-10-9-12-15(16)17/h9-10,12-13,18H,2-8,11,14H2,1H3. The Morgan fingerprint density at radius 3 is 2.17 bits per heavy atom. The second kappa shape index (κ2) is 9.93. The zero-order valence-electron chi connectivity index (χ0n) is 11.6. The fourth-order valence-corrected chi connectivity index (χ4v) is 2.09. The van der Waals surface area contributed by atoms with Gasteiger partial charge in [0.25, 0.3) is 0 Å². The summed E-state index contributed by atoms with van der Waals surface area (Å²) >= 11 is 0. The van der Waals surface area contributed by atoms with E-state index >= 15 is 0 Å². The molecule has 1 N–H and O–H groups in total. The first kappa shape index (κ1) is 15.0. The lowest BCUT2D eigenvalue weighted by Crippen LogP contribution is -2.02. The van der Waals surface area contributed by atoms with E-state index in [1.165, 1.54) is 51.0 Å². The van der Waals surface area contributed by atoms with E-state index in [2.05, 4.69) is 12.2 Å². The van der Waals surface area contributed by atoms with Gasteiger partial charge < -0.3 is 5.32 Å². The van der Waals surface area contributed by atoms with E-state index in [0.717, 1.165) is 13.0 Å². The van der Waals surface area contributed by atoms with Gasteiger partial charge in [-0.3, -0.25) is 0 Å². The molecule has 0 fully saturated rings. The Morgan fingerprint density at radius 1 is 0.889 bits per heavy atom. The zero-order chi connectivity index (χ0) is 13.1. The molecule has 0 spiro atoms. The van der Waals surface area contributed by atoms with Gasteiger partial charge in [0.05, 0.1) is 5.69 Å². The molecule has 0 amide bonds. The van der Waals surface area contributed by atoms with E-state index in [-0.39, 0.29) is 5.82 Å². The molecule has 0 bridgehead atoms. The van der Waals surface area contributed by atoms with Crippen LogP contribution in [0.1, 0.15) is 58.3 Å². The third kappa shape index (κ3) is 6.63. The number of nitrogens with one attached hydrogen (secondary N) is 1. The lowest BCUT2D eigenvalue weighted by Gasteiger charge is -2.07. The molecule has 0 aliphatic heterocycles. The van der Waals surface area contributed by atoms with Gasteiger partial charge in [0.1, 0.15) is 5.82 Å². The van der Waals surface area contributed by atoms with Crippen LogP contribution in [0.3, 0.4) is 0 Å². The summed E-state index contributed by atoms with van der Waals surface area (Å²) in [6.45, 7) is 3.12. The van der Waals surface area contributed by atoms with Crippen LogP contribution in [0, 0.1) is 5.82 Å². The molecule has 18 heavy (non-hydrogen) atoms. The Kier molecular flexibility index (Phi) is 8.28. The van der Waals surface area contributed by atoms with Crippen LogP contribution in [0.2, 0.25) is 0 Å². The van der Waals surface area contributed by atoms with Gasteiger partial charge >= 0.3 is 0 Å². The molecule has 0 unspecified atom stereocenters. The Hall–Kier alpha value is -1.05. The van der Waals surface area contributed by atoms with Gasteiger partial charge in [-0.05, 0) is 18.6 Å². The first-order chi connectivity index (χ1) is 8.84. The lowest BCUT2D eigenvalue weighted by atomic mass is 10.1. The molecule has 0 aromatic heterocycles. The second-order valence-corrected chi connectivity index (χ2v) is 4.88. The third-order valence-corrected chi connectivity index (χ3v) is 3.22. The minimum absolute atomic E-state index is 0.155. The van der Waals surface area contributed by atoms with Crippen molar-refractivity contribution in [1.29, 1.82) is 0 Å². The van der Waals surface area contributed by atoms with Crippen LogP contribution in [-0.4, -0.2) is 6.54 Å². The SMILES string of the molecule is CCCCCCCCCCNc1ccccc1F. The van der Waals surface area contributed by atoms with Crippen LogP contribution in [0.4, 0.5) is 10.1 Å². The average Bonchev–Trinajstić information content (AvgIpc) is 2.39. The summed E-state index contributed by atoms with van der Waals surface area (Å²) in [5, 5.41) is 3.15. The molecule has 1 aromatic rings. The van der Waals surface area contributed by atoms with E-state index < -0.39 is 0 Å². The molecule has 0 radical (unpaired) electrons. The van der Waals surface area contributed by atoms with E-state index in [0.29, 0.717) is 5.69 Å². The van der Waals surface area contributed by atoms with Crippen molar-refractivity contribution in [2.45, 2.75) is 58.3 Å². The summed E-state index contributed by atoms with van der Waals surface area (Å²) < 4.78 is 13.3. The number of hydrogen-bond acceptors (Lipinski definition) is 1. The van der Waals surface area contributed by atoms with Crippen molar-refractivity contribution in [2.75, 3.05) is 11.9 Å². The van der Waals surface area contributed by atoms with Crippen molar-refractivity contribution >= 4 is 5.69 Å². The maximum Gasteiger partial charge on any atom is 0.146 e. The smallest absolute Gasteiger partial charge is 0.146 e. The van der Waals surface area contributed by atoms with Crippen LogP contribution in [0.5, 0.6) is 0 Å². The van der Waals surface area contributed by atoms with E-state index in [1.807, 2.05) is 6.07 Å². The Bertz CT molecular complexity index is 312. The molecule has 1 nitrogen and oxygen atoms in total. The van der Waals surface area contributed by atoms with Gasteiger partial charge in [0, 0.05) is 6.54 Å². The van der Waals surface area contributed by atoms with Gasteiger partial charge in [-0.25, -0.2) is 4.39 Å². The highest BCUT2D eigenvalue weighted by Crippen LogP contribution is 2.13. The normalized spacial score (nSPS) is 10.6. The van der Waals surface area contributed by atoms with Crippen LogP contribution in [0.15, 0.2) is 24.3 Å². The van der Waals surface area contributed by atoms with Crippen molar-refractivity contribution in [3.63, 3.8) is 0 Å². The average molecular weight is 251 g/mol. The van der Waals surface area contributed by atoms with Crippen molar-refractivity contribution in [2.24, 2.45) is 0 Å². The van der Waals surface area contributed by atoms with Crippen LogP contribution >= 0.6 is 0 Å². The monoisotopic (exact) mass is 251 g/mol.